The Morgan fingerprint density at radius 2 is 2.00 bits per heavy atom. The fourth-order valence-electron chi connectivity index (χ4n) is 2.14. The number of aliphatic hydroxyl groups excluding tert-OH is 1. The Morgan fingerprint density at radius 1 is 1.30 bits per heavy atom. The second kappa shape index (κ2) is 7.68. The predicted molar refractivity (Wildman–Crippen MR) is 75.8 cm³/mol. The van der Waals surface area contributed by atoms with Crippen LogP contribution >= 0.6 is 0 Å². The van der Waals surface area contributed by atoms with Crippen LogP contribution in [-0.4, -0.2) is 30.8 Å². The Bertz CT molecular complexity index is 493. The maximum atomic E-state index is 12.0. The Labute approximate surface area is 119 Å². The summed E-state index contributed by atoms with van der Waals surface area (Å²) in [5.74, 6) is 5.63. The lowest BCUT2D eigenvalue weighted by Crippen LogP contribution is -2.33. The molecule has 0 aromatic heterocycles. The molecule has 0 saturated carbocycles. The van der Waals surface area contributed by atoms with E-state index in [9.17, 15) is 4.79 Å². The van der Waals surface area contributed by atoms with Crippen molar-refractivity contribution in [3.8, 4) is 11.8 Å². The van der Waals surface area contributed by atoms with Crippen LogP contribution in [0.2, 0.25) is 0 Å². The summed E-state index contributed by atoms with van der Waals surface area (Å²) < 4.78 is 5.25. The third kappa shape index (κ3) is 4.37. The lowest BCUT2D eigenvalue weighted by Gasteiger charge is -2.21. The molecule has 1 aliphatic heterocycles. The maximum absolute atomic E-state index is 12.0. The summed E-state index contributed by atoms with van der Waals surface area (Å²) >= 11 is 0. The quantitative estimate of drug-likeness (QED) is 0.810. The van der Waals surface area contributed by atoms with Crippen LogP contribution in [0.1, 0.15) is 24.0 Å². The van der Waals surface area contributed by atoms with Gasteiger partial charge in [-0.05, 0) is 30.5 Å². The molecule has 1 aromatic rings. The molecule has 0 radical (unpaired) electrons. The molecule has 20 heavy (non-hydrogen) atoms. The first kappa shape index (κ1) is 14.6. The topological polar surface area (TPSA) is 58.6 Å². The summed E-state index contributed by atoms with van der Waals surface area (Å²) in [6, 6.07) is 7.65. The number of hydrogen-bond donors (Lipinski definition) is 2. The van der Waals surface area contributed by atoms with Crippen molar-refractivity contribution in [1.29, 1.82) is 0 Å². The average Bonchev–Trinajstić information content (AvgIpc) is 2.52. The van der Waals surface area contributed by atoms with Gasteiger partial charge in [0.2, 0.25) is 5.91 Å². The highest BCUT2D eigenvalue weighted by molar-refractivity contribution is 5.78. The average molecular weight is 273 g/mol. The molecule has 0 unspecified atom stereocenters. The van der Waals surface area contributed by atoms with E-state index in [0.717, 1.165) is 24.0 Å². The van der Waals surface area contributed by atoms with Crippen molar-refractivity contribution in [3.63, 3.8) is 0 Å². The van der Waals surface area contributed by atoms with Gasteiger partial charge in [0.25, 0.3) is 0 Å². The van der Waals surface area contributed by atoms with Crippen molar-refractivity contribution in [3.05, 3.63) is 35.4 Å². The Balaban J connectivity index is 1.82. The number of amides is 1. The summed E-state index contributed by atoms with van der Waals surface area (Å²) in [7, 11) is 0. The van der Waals surface area contributed by atoms with E-state index < -0.39 is 0 Å². The number of nitrogens with one attached hydrogen (secondary N) is 1. The molecular formula is C16H19NO3. The molecule has 0 aliphatic carbocycles. The standard InChI is InChI=1S/C16H19NO3/c18-9-1-2-13-3-5-14(6-4-13)12-17-16(19)15-7-10-20-11-8-15/h3-6,15,18H,7-12H2,(H,17,19). The molecule has 2 N–H and O–H groups in total. The highest BCUT2D eigenvalue weighted by Gasteiger charge is 2.20. The van der Waals surface area contributed by atoms with E-state index in [2.05, 4.69) is 17.2 Å². The van der Waals surface area contributed by atoms with Gasteiger partial charge in [-0.15, -0.1) is 0 Å². The highest BCUT2D eigenvalue weighted by atomic mass is 16.5. The van der Waals surface area contributed by atoms with E-state index >= 15 is 0 Å². The smallest absolute Gasteiger partial charge is 0.223 e. The third-order valence-corrected chi connectivity index (χ3v) is 3.32. The summed E-state index contributed by atoms with van der Waals surface area (Å²) in [6.45, 7) is 1.75. The van der Waals surface area contributed by atoms with Crippen molar-refractivity contribution < 1.29 is 14.6 Å². The number of rotatable bonds is 3. The van der Waals surface area contributed by atoms with Crippen LogP contribution in [0.4, 0.5) is 0 Å². The number of hydrogen-bond acceptors (Lipinski definition) is 3. The van der Waals surface area contributed by atoms with E-state index in [-0.39, 0.29) is 18.4 Å². The monoisotopic (exact) mass is 273 g/mol. The molecule has 4 heteroatoms. The van der Waals surface area contributed by atoms with Gasteiger partial charge in [-0.3, -0.25) is 4.79 Å². The summed E-state index contributed by atoms with van der Waals surface area (Å²) in [4.78, 5) is 12.0. The van der Waals surface area contributed by atoms with Crippen molar-refractivity contribution in [2.24, 2.45) is 5.92 Å². The molecule has 0 spiro atoms. The second-order valence-corrected chi connectivity index (χ2v) is 4.76. The van der Waals surface area contributed by atoms with Gasteiger partial charge < -0.3 is 15.2 Å². The fraction of sp³-hybridized carbons (Fsp3) is 0.438. The highest BCUT2D eigenvalue weighted by Crippen LogP contribution is 2.14. The lowest BCUT2D eigenvalue weighted by molar-refractivity contribution is -0.128. The molecule has 1 aromatic carbocycles. The molecular weight excluding hydrogens is 254 g/mol. The van der Waals surface area contributed by atoms with E-state index in [1.54, 1.807) is 0 Å². The van der Waals surface area contributed by atoms with Gasteiger partial charge in [0.05, 0.1) is 0 Å². The zero-order valence-electron chi connectivity index (χ0n) is 11.4. The van der Waals surface area contributed by atoms with Crippen molar-refractivity contribution >= 4 is 5.91 Å². The van der Waals surface area contributed by atoms with E-state index in [0.29, 0.717) is 19.8 Å². The van der Waals surface area contributed by atoms with Gasteiger partial charge in [0, 0.05) is 31.2 Å². The van der Waals surface area contributed by atoms with E-state index in [1.807, 2.05) is 24.3 Å². The van der Waals surface area contributed by atoms with Crippen LogP contribution in [-0.2, 0) is 16.1 Å². The number of ether oxygens (including phenoxy) is 1. The molecule has 1 saturated heterocycles. The first-order valence-electron chi connectivity index (χ1n) is 6.83. The van der Waals surface area contributed by atoms with Crippen LogP contribution < -0.4 is 5.32 Å². The van der Waals surface area contributed by atoms with E-state index in [4.69, 9.17) is 9.84 Å². The predicted octanol–water partition coefficient (Wildman–Crippen LogP) is 1.07. The van der Waals surface area contributed by atoms with Gasteiger partial charge in [-0.25, -0.2) is 0 Å². The summed E-state index contributed by atoms with van der Waals surface area (Å²) in [5.41, 5.74) is 1.90. The SMILES string of the molecule is O=C(NCc1ccc(C#CCO)cc1)C1CCOCC1. The van der Waals surface area contributed by atoms with Gasteiger partial charge in [0.1, 0.15) is 6.61 Å². The lowest BCUT2D eigenvalue weighted by atomic mass is 9.99. The number of carbonyl (C=O) groups is 1. The fourth-order valence-corrected chi connectivity index (χ4v) is 2.14. The van der Waals surface area contributed by atoms with E-state index in [1.165, 1.54) is 0 Å². The molecule has 106 valence electrons. The molecule has 1 heterocycles. The van der Waals surface area contributed by atoms with Crippen molar-refractivity contribution in [1.82, 2.24) is 5.32 Å². The van der Waals surface area contributed by atoms with Crippen LogP contribution in [0, 0.1) is 17.8 Å². The van der Waals surface area contributed by atoms with Gasteiger partial charge in [-0.2, -0.15) is 0 Å². The summed E-state index contributed by atoms with van der Waals surface area (Å²) in [6.07, 6.45) is 1.61. The van der Waals surface area contributed by atoms with Crippen molar-refractivity contribution in [2.45, 2.75) is 19.4 Å². The molecule has 4 nitrogen and oxygen atoms in total. The zero-order chi connectivity index (χ0) is 14.2. The minimum Gasteiger partial charge on any atom is -0.384 e. The zero-order valence-corrected chi connectivity index (χ0v) is 11.4. The number of benzene rings is 1. The van der Waals surface area contributed by atoms with Crippen LogP contribution in [0.15, 0.2) is 24.3 Å². The molecule has 0 atom stereocenters. The normalized spacial score (nSPS) is 15.2. The molecule has 0 bridgehead atoms. The Morgan fingerprint density at radius 3 is 2.65 bits per heavy atom. The summed E-state index contributed by atoms with van der Waals surface area (Å²) in [5, 5.41) is 11.6. The van der Waals surface area contributed by atoms with Gasteiger partial charge in [-0.1, -0.05) is 24.0 Å². The largest absolute Gasteiger partial charge is 0.384 e. The third-order valence-electron chi connectivity index (χ3n) is 3.32. The molecule has 1 aliphatic rings. The van der Waals surface area contributed by atoms with Crippen LogP contribution in [0.3, 0.4) is 0 Å². The second-order valence-electron chi connectivity index (χ2n) is 4.76. The minimum absolute atomic E-state index is 0.0819. The molecule has 1 amide bonds. The van der Waals surface area contributed by atoms with Crippen molar-refractivity contribution in [2.75, 3.05) is 19.8 Å². The Hall–Kier alpha value is -1.83. The number of aliphatic hydroxyl groups is 1. The van der Waals surface area contributed by atoms with Crippen LogP contribution in [0.25, 0.3) is 0 Å². The number of carbonyl (C=O) groups excluding carboxylic acids is 1. The Kier molecular flexibility index (Phi) is 5.60. The first-order chi connectivity index (χ1) is 9.79. The first-order valence-corrected chi connectivity index (χ1v) is 6.83. The van der Waals surface area contributed by atoms with Crippen LogP contribution in [0.5, 0.6) is 0 Å². The van der Waals surface area contributed by atoms with Gasteiger partial charge >= 0.3 is 0 Å². The minimum atomic E-state index is -0.136. The molecule has 2 rings (SSSR count). The molecule has 1 fully saturated rings. The maximum Gasteiger partial charge on any atom is 0.223 e. The van der Waals surface area contributed by atoms with Gasteiger partial charge in [0.15, 0.2) is 0 Å².